The fraction of sp³-hybridized carbons (Fsp3) is 0.500. The molecule has 1 fully saturated rings. The lowest BCUT2D eigenvalue weighted by Gasteiger charge is -2.34. The van der Waals surface area contributed by atoms with Crippen LogP contribution in [0.5, 0.6) is 0 Å². The fourth-order valence-corrected chi connectivity index (χ4v) is 2.16. The molecule has 8 nitrogen and oxygen atoms in total. The molecular weight excluding hydrogens is 262 g/mol. The minimum atomic E-state index is -0.432. The van der Waals surface area contributed by atoms with Crippen LogP contribution in [0.25, 0.3) is 0 Å². The summed E-state index contributed by atoms with van der Waals surface area (Å²) in [6.07, 6.45) is 1.54. The van der Waals surface area contributed by atoms with E-state index in [4.69, 9.17) is 0 Å². The van der Waals surface area contributed by atoms with Crippen molar-refractivity contribution in [3.8, 4) is 0 Å². The van der Waals surface area contributed by atoms with Gasteiger partial charge >= 0.3 is 11.7 Å². The van der Waals surface area contributed by atoms with Crippen LogP contribution >= 0.6 is 0 Å². The van der Waals surface area contributed by atoms with Crippen LogP contribution in [0.2, 0.25) is 0 Å². The molecule has 1 aromatic rings. The lowest BCUT2D eigenvalue weighted by Crippen LogP contribution is -2.52. The van der Waals surface area contributed by atoms with Crippen LogP contribution in [0.15, 0.2) is 18.3 Å². The fourth-order valence-electron chi connectivity index (χ4n) is 2.16. The zero-order chi connectivity index (χ0) is 14.5. The van der Waals surface area contributed by atoms with E-state index in [0.29, 0.717) is 38.5 Å². The second-order valence-corrected chi connectivity index (χ2v) is 4.41. The Morgan fingerprint density at radius 3 is 2.75 bits per heavy atom. The summed E-state index contributed by atoms with van der Waals surface area (Å²) in [4.78, 5) is 29.9. The zero-order valence-corrected chi connectivity index (χ0v) is 11.3. The Bertz CT molecular complexity index is 500. The second kappa shape index (κ2) is 6.18. The second-order valence-electron chi connectivity index (χ2n) is 4.41. The number of carbonyl (C=O) groups is 1. The molecule has 0 atom stereocenters. The number of aromatic nitrogens is 1. The molecule has 0 saturated carbocycles. The highest BCUT2D eigenvalue weighted by Gasteiger charge is 2.26. The highest BCUT2D eigenvalue weighted by molar-refractivity contribution is 5.74. The zero-order valence-electron chi connectivity index (χ0n) is 11.3. The number of pyridine rings is 1. The third-order valence-electron chi connectivity index (χ3n) is 3.16. The van der Waals surface area contributed by atoms with Crippen molar-refractivity contribution in [1.82, 2.24) is 15.2 Å². The largest absolute Gasteiger partial charge is 0.347 e. The Morgan fingerprint density at radius 1 is 1.45 bits per heavy atom. The van der Waals surface area contributed by atoms with E-state index in [0.717, 1.165) is 0 Å². The molecule has 2 amide bonds. The number of piperazine rings is 1. The number of nitro groups is 1. The predicted molar refractivity (Wildman–Crippen MR) is 73.8 cm³/mol. The molecule has 0 aromatic carbocycles. The molecule has 0 spiro atoms. The lowest BCUT2D eigenvalue weighted by atomic mass is 10.3. The summed E-state index contributed by atoms with van der Waals surface area (Å²) >= 11 is 0. The highest BCUT2D eigenvalue weighted by atomic mass is 16.6. The first-order valence-electron chi connectivity index (χ1n) is 6.50. The van der Waals surface area contributed by atoms with Gasteiger partial charge in [-0.1, -0.05) is 0 Å². The molecule has 1 N–H and O–H groups in total. The van der Waals surface area contributed by atoms with Crippen LogP contribution in [0.3, 0.4) is 0 Å². The Balaban J connectivity index is 2.04. The van der Waals surface area contributed by atoms with Crippen molar-refractivity contribution in [2.75, 3.05) is 37.6 Å². The minimum absolute atomic E-state index is 0.000963. The van der Waals surface area contributed by atoms with E-state index >= 15 is 0 Å². The molecule has 20 heavy (non-hydrogen) atoms. The van der Waals surface area contributed by atoms with Gasteiger partial charge in [0.2, 0.25) is 5.82 Å². The van der Waals surface area contributed by atoms with Crippen LogP contribution in [0, 0.1) is 10.1 Å². The van der Waals surface area contributed by atoms with Crippen LogP contribution < -0.4 is 10.2 Å². The summed E-state index contributed by atoms with van der Waals surface area (Å²) in [6.45, 7) is 4.58. The molecular formula is C12H17N5O3. The van der Waals surface area contributed by atoms with Gasteiger partial charge in [-0.2, -0.15) is 0 Å². The third-order valence-corrected chi connectivity index (χ3v) is 3.16. The van der Waals surface area contributed by atoms with Gasteiger partial charge in [0, 0.05) is 45.0 Å². The van der Waals surface area contributed by atoms with Gasteiger partial charge in [-0.05, 0) is 13.0 Å². The molecule has 2 rings (SSSR count). The molecule has 0 radical (unpaired) electrons. The SMILES string of the molecule is CCNC(=O)N1CCN(c2ncccc2[N+](=O)[O-])CC1. The van der Waals surface area contributed by atoms with E-state index in [-0.39, 0.29) is 11.7 Å². The van der Waals surface area contributed by atoms with Crippen molar-refractivity contribution in [2.24, 2.45) is 0 Å². The first-order valence-corrected chi connectivity index (χ1v) is 6.50. The minimum Gasteiger partial charge on any atom is -0.347 e. The maximum atomic E-state index is 11.7. The van der Waals surface area contributed by atoms with Gasteiger partial charge in [-0.3, -0.25) is 10.1 Å². The molecule has 1 saturated heterocycles. The molecule has 1 aromatic heterocycles. The van der Waals surface area contributed by atoms with E-state index < -0.39 is 4.92 Å². The van der Waals surface area contributed by atoms with Gasteiger partial charge in [0.1, 0.15) is 0 Å². The van der Waals surface area contributed by atoms with Crippen molar-refractivity contribution in [3.05, 3.63) is 28.4 Å². The first kappa shape index (κ1) is 14.0. The number of hydrogen-bond acceptors (Lipinski definition) is 5. The Labute approximate surface area is 116 Å². The smallest absolute Gasteiger partial charge is 0.317 e. The third kappa shape index (κ3) is 2.95. The molecule has 8 heteroatoms. The number of hydrogen-bond donors (Lipinski definition) is 1. The van der Waals surface area contributed by atoms with Gasteiger partial charge in [-0.15, -0.1) is 0 Å². The normalized spacial score (nSPS) is 15.1. The summed E-state index contributed by atoms with van der Waals surface area (Å²) in [5.74, 6) is 0.369. The number of nitrogens with one attached hydrogen (secondary N) is 1. The Morgan fingerprint density at radius 2 is 2.15 bits per heavy atom. The van der Waals surface area contributed by atoms with Crippen molar-refractivity contribution in [3.63, 3.8) is 0 Å². The molecule has 0 aliphatic carbocycles. The number of anilines is 1. The number of amides is 2. The molecule has 0 unspecified atom stereocenters. The standard InChI is InChI=1S/C12H17N5O3/c1-2-13-12(18)16-8-6-15(7-9-16)11-10(17(19)20)4-3-5-14-11/h3-5H,2,6-9H2,1H3,(H,13,18). The average Bonchev–Trinajstić information content (AvgIpc) is 2.47. The highest BCUT2D eigenvalue weighted by Crippen LogP contribution is 2.25. The van der Waals surface area contributed by atoms with Gasteiger partial charge < -0.3 is 15.1 Å². The molecule has 2 heterocycles. The summed E-state index contributed by atoms with van der Waals surface area (Å²) in [7, 11) is 0. The maximum absolute atomic E-state index is 11.7. The maximum Gasteiger partial charge on any atom is 0.317 e. The number of carbonyl (C=O) groups excluding carboxylic acids is 1. The van der Waals surface area contributed by atoms with Crippen molar-refractivity contribution in [1.29, 1.82) is 0 Å². The van der Waals surface area contributed by atoms with Gasteiger partial charge in [-0.25, -0.2) is 9.78 Å². The summed E-state index contributed by atoms with van der Waals surface area (Å²) in [5.41, 5.74) is -0.000963. The van der Waals surface area contributed by atoms with Gasteiger partial charge in [0.05, 0.1) is 4.92 Å². The number of nitrogens with zero attached hydrogens (tertiary/aromatic N) is 4. The average molecular weight is 279 g/mol. The van der Waals surface area contributed by atoms with Gasteiger partial charge in [0.25, 0.3) is 0 Å². The van der Waals surface area contributed by atoms with Crippen molar-refractivity contribution in [2.45, 2.75) is 6.92 Å². The van der Waals surface area contributed by atoms with Crippen LogP contribution in [0.4, 0.5) is 16.3 Å². The number of rotatable bonds is 3. The topological polar surface area (TPSA) is 91.6 Å². The van der Waals surface area contributed by atoms with Crippen LogP contribution in [0.1, 0.15) is 6.92 Å². The van der Waals surface area contributed by atoms with Gasteiger partial charge in [0.15, 0.2) is 0 Å². The summed E-state index contributed by atoms with van der Waals surface area (Å²) in [5, 5.41) is 13.7. The van der Waals surface area contributed by atoms with Crippen molar-refractivity contribution >= 4 is 17.5 Å². The van der Waals surface area contributed by atoms with E-state index in [9.17, 15) is 14.9 Å². The quantitative estimate of drug-likeness (QED) is 0.654. The predicted octanol–water partition coefficient (Wildman–Crippen LogP) is 0.841. The molecule has 108 valence electrons. The van der Waals surface area contributed by atoms with Crippen LogP contribution in [-0.2, 0) is 0 Å². The molecule has 0 bridgehead atoms. The van der Waals surface area contributed by atoms with E-state index in [1.165, 1.54) is 6.07 Å². The number of urea groups is 1. The first-order chi connectivity index (χ1) is 9.63. The van der Waals surface area contributed by atoms with E-state index in [1.54, 1.807) is 17.2 Å². The lowest BCUT2D eigenvalue weighted by molar-refractivity contribution is -0.384. The Hall–Kier alpha value is -2.38. The van der Waals surface area contributed by atoms with Crippen LogP contribution in [-0.4, -0.2) is 53.6 Å². The van der Waals surface area contributed by atoms with E-state index in [1.807, 2.05) is 11.8 Å². The monoisotopic (exact) mass is 279 g/mol. The molecule has 1 aliphatic rings. The summed E-state index contributed by atoms with van der Waals surface area (Å²) < 4.78 is 0. The molecule has 1 aliphatic heterocycles. The van der Waals surface area contributed by atoms with E-state index in [2.05, 4.69) is 10.3 Å². The summed E-state index contributed by atoms with van der Waals surface area (Å²) in [6, 6.07) is 2.90. The van der Waals surface area contributed by atoms with Crippen molar-refractivity contribution < 1.29 is 9.72 Å². The Kier molecular flexibility index (Phi) is 4.34.